The maximum absolute atomic E-state index is 12.1. The molecule has 0 aliphatic heterocycles. The van der Waals surface area contributed by atoms with Crippen molar-refractivity contribution in [1.82, 2.24) is 10.7 Å². The number of nitrogens with one attached hydrogen (secondary N) is 2. The maximum atomic E-state index is 12.1. The first-order chi connectivity index (χ1) is 12.5. The Morgan fingerprint density at radius 1 is 1.12 bits per heavy atom. The minimum absolute atomic E-state index is 0.235. The topological polar surface area (TPSA) is 89.0 Å². The fraction of sp³-hybridized carbons (Fsp3) is 0.167. The van der Waals surface area contributed by atoms with E-state index in [0.717, 1.165) is 0 Å². The van der Waals surface area contributed by atoms with Gasteiger partial charge < -0.3 is 14.8 Å². The molecule has 0 aliphatic carbocycles. The molecule has 0 aliphatic rings. The molecule has 0 radical (unpaired) electrons. The quantitative estimate of drug-likeness (QED) is 0.573. The van der Waals surface area contributed by atoms with E-state index in [-0.39, 0.29) is 6.54 Å². The molecular weight excluding hydrogens is 358 g/mol. The van der Waals surface area contributed by atoms with Crippen molar-refractivity contribution in [3.63, 3.8) is 0 Å². The minimum Gasteiger partial charge on any atom is -0.496 e. The van der Waals surface area contributed by atoms with Crippen LogP contribution < -0.4 is 20.2 Å². The Labute approximate surface area is 155 Å². The number of benzene rings is 2. The van der Waals surface area contributed by atoms with Crippen molar-refractivity contribution >= 4 is 29.6 Å². The Balaban J connectivity index is 1.89. The molecule has 0 saturated heterocycles. The second kappa shape index (κ2) is 9.43. The molecule has 2 N–H and O–H groups in total. The first-order valence-corrected chi connectivity index (χ1v) is 7.99. The average Bonchev–Trinajstić information content (AvgIpc) is 2.66. The fourth-order valence-corrected chi connectivity index (χ4v) is 2.29. The summed E-state index contributed by atoms with van der Waals surface area (Å²) in [6.45, 7) is -0.235. The lowest BCUT2D eigenvalue weighted by molar-refractivity contribution is -0.120. The molecule has 26 heavy (non-hydrogen) atoms. The summed E-state index contributed by atoms with van der Waals surface area (Å²) in [6, 6.07) is 11.8. The van der Waals surface area contributed by atoms with Crippen molar-refractivity contribution in [2.75, 3.05) is 20.8 Å². The summed E-state index contributed by atoms with van der Waals surface area (Å²) in [4.78, 5) is 23.9. The van der Waals surface area contributed by atoms with Gasteiger partial charge in [-0.05, 0) is 30.3 Å². The number of ether oxygens (including phenoxy) is 2. The van der Waals surface area contributed by atoms with E-state index in [2.05, 4.69) is 15.8 Å². The third-order valence-corrected chi connectivity index (χ3v) is 3.58. The lowest BCUT2D eigenvalue weighted by atomic mass is 10.2. The van der Waals surface area contributed by atoms with Crippen LogP contribution in [0.25, 0.3) is 0 Å². The number of methoxy groups -OCH3 is 2. The number of carbonyl (C=O) groups excluding carboxylic acids is 2. The molecule has 0 fully saturated rings. The normalized spacial score (nSPS) is 10.4. The largest absolute Gasteiger partial charge is 0.496 e. The molecule has 0 atom stereocenters. The van der Waals surface area contributed by atoms with Gasteiger partial charge in [0.25, 0.3) is 11.8 Å². The summed E-state index contributed by atoms with van der Waals surface area (Å²) in [5.41, 5.74) is 3.28. The van der Waals surface area contributed by atoms with Gasteiger partial charge in [-0.1, -0.05) is 23.7 Å². The van der Waals surface area contributed by atoms with Crippen LogP contribution in [0.3, 0.4) is 0 Å². The Hall–Kier alpha value is -3.06. The Morgan fingerprint density at radius 3 is 2.58 bits per heavy atom. The monoisotopic (exact) mass is 375 g/mol. The number of nitrogens with zero attached hydrogens (tertiary/aromatic N) is 1. The van der Waals surface area contributed by atoms with Crippen LogP contribution in [0, 0.1) is 0 Å². The molecule has 2 aromatic rings. The van der Waals surface area contributed by atoms with Gasteiger partial charge in [-0.2, -0.15) is 5.10 Å². The predicted octanol–water partition coefficient (Wildman–Crippen LogP) is 2.24. The number of hydrogen-bond acceptors (Lipinski definition) is 5. The molecule has 0 aromatic heterocycles. The molecule has 2 rings (SSSR count). The number of hydrogen-bond donors (Lipinski definition) is 2. The lowest BCUT2D eigenvalue weighted by Gasteiger charge is -2.08. The van der Waals surface area contributed by atoms with Crippen molar-refractivity contribution < 1.29 is 19.1 Å². The summed E-state index contributed by atoms with van der Waals surface area (Å²) >= 11 is 5.92. The SMILES string of the molecule is COc1ccc(Cl)cc1C=NNC(=O)CNC(=O)c1ccccc1OC. The molecule has 136 valence electrons. The third-order valence-electron chi connectivity index (χ3n) is 3.35. The van der Waals surface area contributed by atoms with Crippen molar-refractivity contribution in [2.24, 2.45) is 5.10 Å². The zero-order valence-electron chi connectivity index (χ0n) is 14.3. The van der Waals surface area contributed by atoms with Gasteiger partial charge in [-0.25, -0.2) is 5.43 Å². The molecule has 0 bridgehead atoms. The van der Waals surface area contributed by atoms with Crippen LogP contribution in [0.2, 0.25) is 5.02 Å². The number of halogens is 1. The summed E-state index contributed by atoms with van der Waals surface area (Å²) in [5.74, 6) is 0.0944. The molecule has 8 heteroatoms. The van der Waals surface area contributed by atoms with Crippen molar-refractivity contribution in [2.45, 2.75) is 0 Å². The molecule has 2 amide bonds. The summed E-state index contributed by atoms with van der Waals surface area (Å²) in [5, 5.41) is 6.86. The highest BCUT2D eigenvalue weighted by atomic mass is 35.5. The highest BCUT2D eigenvalue weighted by Gasteiger charge is 2.12. The highest BCUT2D eigenvalue weighted by Crippen LogP contribution is 2.20. The molecule has 0 heterocycles. The summed E-state index contributed by atoms with van der Waals surface area (Å²) in [6.07, 6.45) is 1.41. The van der Waals surface area contributed by atoms with Gasteiger partial charge in [0.15, 0.2) is 0 Å². The van der Waals surface area contributed by atoms with Crippen LogP contribution in [0.1, 0.15) is 15.9 Å². The van der Waals surface area contributed by atoms with E-state index in [4.69, 9.17) is 21.1 Å². The van der Waals surface area contributed by atoms with Gasteiger partial charge in [0.05, 0.1) is 32.5 Å². The maximum Gasteiger partial charge on any atom is 0.259 e. The zero-order valence-corrected chi connectivity index (χ0v) is 15.0. The van der Waals surface area contributed by atoms with E-state index in [1.54, 1.807) is 42.5 Å². The first kappa shape index (κ1) is 19.3. The number of para-hydroxylation sites is 1. The summed E-state index contributed by atoms with van der Waals surface area (Å²) in [7, 11) is 2.99. The van der Waals surface area contributed by atoms with E-state index < -0.39 is 11.8 Å². The van der Waals surface area contributed by atoms with Gasteiger partial charge >= 0.3 is 0 Å². The summed E-state index contributed by atoms with van der Waals surface area (Å²) < 4.78 is 10.3. The van der Waals surface area contributed by atoms with Crippen molar-refractivity contribution in [3.05, 3.63) is 58.6 Å². The van der Waals surface area contributed by atoms with Crippen LogP contribution in [0.5, 0.6) is 11.5 Å². The van der Waals surface area contributed by atoms with Crippen molar-refractivity contribution in [1.29, 1.82) is 0 Å². The Kier molecular flexibility index (Phi) is 6.99. The van der Waals surface area contributed by atoms with Crippen LogP contribution in [-0.2, 0) is 4.79 Å². The van der Waals surface area contributed by atoms with E-state index in [0.29, 0.717) is 27.6 Å². The number of amides is 2. The second-order valence-electron chi connectivity index (χ2n) is 5.06. The molecule has 0 saturated carbocycles. The van der Waals surface area contributed by atoms with Gasteiger partial charge in [0.1, 0.15) is 11.5 Å². The smallest absolute Gasteiger partial charge is 0.259 e. The molecule has 7 nitrogen and oxygen atoms in total. The number of rotatable bonds is 7. The van der Waals surface area contributed by atoms with Gasteiger partial charge in [-0.15, -0.1) is 0 Å². The van der Waals surface area contributed by atoms with E-state index >= 15 is 0 Å². The second-order valence-corrected chi connectivity index (χ2v) is 5.50. The van der Waals surface area contributed by atoms with E-state index in [1.807, 2.05) is 0 Å². The van der Waals surface area contributed by atoms with Crippen LogP contribution in [0.4, 0.5) is 0 Å². The van der Waals surface area contributed by atoms with E-state index in [1.165, 1.54) is 20.4 Å². The van der Waals surface area contributed by atoms with Crippen LogP contribution in [0.15, 0.2) is 47.6 Å². The first-order valence-electron chi connectivity index (χ1n) is 7.61. The standard InChI is InChI=1S/C18H18ClN3O4/c1-25-15-8-7-13(19)9-12(15)10-21-22-17(23)11-20-18(24)14-5-3-4-6-16(14)26-2/h3-10H,11H2,1-2H3,(H,20,24)(H,22,23). The Morgan fingerprint density at radius 2 is 1.85 bits per heavy atom. The minimum atomic E-state index is -0.481. The molecule has 0 spiro atoms. The molecule has 2 aromatic carbocycles. The van der Waals surface area contributed by atoms with E-state index in [9.17, 15) is 9.59 Å². The molecule has 0 unspecified atom stereocenters. The van der Waals surface area contributed by atoms with Crippen LogP contribution in [-0.4, -0.2) is 38.8 Å². The van der Waals surface area contributed by atoms with Crippen LogP contribution >= 0.6 is 11.6 Å². The Bertz CT molecular complexity index is 824. The highest BCUT2D eigenvalue weighted by molar-refractivity contribution is 6.30. The number of hydrazone groups is 1. The predicted molar refractivity (Wildman–Crippen MR) is 99.1 cm³/mol. The van der Waals surface area contributed by atoms with Gasteiger partial charge in [-0.3, -0.25) is 9.59 Å². The van der Waals surface area contributed by atoms with Crippen molar-refractivity contribution in [3.8, 4) is 11.5 Å². The van der Waals surface area contributed by atoms with Gasteiger partial charge in [0, 0.05) is 10.6 Å². The zero-order chi connectivity index (χ0) is 18.9. The average molecular weight is 376 g/mol. The lowest BCUT2D eigenvalue weighted by Crippen LogP contribution is -2.35. The van der Waals surface area contributed by atoms with Gasteiger partial charge in [0.2, 0.25) is 0 Å². The number of carbonyl (C=O) groups is 2. The third kappa shape index (κ3) is 5.22. The fourth-order valence-electron chi connectivity index (χ4n) is 2.11. The molecular formula is C18H18ClN3O4.